The summed E-state index contributed by atoms with van der Waals surface area (Å²) in [6.45, 7) is 3.71. The first-order chi connectivity index (χ1) is 10.1. The Kier molecular flexibility index (Phi) is 3.51. The van der Waals surface area contributed by atoms with Crippen molar-refractivity contribution in [3.8, 4) is 11.5 Å². The highest BCUT2D eigenvalue weighted by Gasteiger charge is 2.15. The third kappa shape index (κ3) is 2.45. The second kappa shape index (κ2) is 5.33. The molecule has 0 saturated carbocycles. The third-order valence-corrected chi connectivity index (χ3v) is 3.72. The Morgan fingerprint density at radius 1 is 1.14 bits per heavy atom. The van der Waals surface area contributed by atoms with Gasteiger partial charge in [0.2, 0.25) is 0 Å². The van der Waals surface area contributed by atoms with Crippen molar-refractivity contribution >= 4 is 32.9 Å². The number of fused-ring (bicyclic) bond motifs is 1. The van der Waals surface area contributed by atoms with Gasteiger partial charge in [0, 0.05) is 28.7 Å². The molecule has 3 aromatic rings. The summed E-state index contributed by atoms with van der Waals surface area (Å²) in [5.74, 6) is -0.524. The minimum atomic E-state index is -0.514. The lowest BCUT2D eigenvalue weighted by atomic mass is 10.1. The molecule has 0 atom stereocenters. The molecule has 1 N–H and O–H groups in total. The van der Waals surface area contributed by atoms with Gasteiger partial charge in [-0.25, -0.2) is 8.78 Å². The van der Waals surface area contributed by atoms with Crippen LogP contribution >= 0.6 is 15.9 Å². The van der Waals surface area contributed by atoms with Gasteiger partial charge in [-0.15, -0.1) is 0 Å². The van der Waals surface area contributed by atoms with Crippen LogP contribution in [-0.2, 0) is 0 Å². The monoisotopic (exact) mass is 349 g/mol. The molecule has 0 amide bonds. The van der Waals surface area contributed by atoms with Crippen LogP contribution in [-0.4, -0.2) is 4.98 Å². The van der Waals surface area contributed by atoms with E-state index in [1.54, 1.807) is 6.20 Å². The van der Waals surface area contributed by atoms with Crippen molar-refractivity contribution in [2.24, 2.45) is 0 Å². The topological polar surface area (TPSA) is 25.0 Å². The molecule has 0 aliphatic heterocycles. The first kappa shape index (κ1) is 13.8. The first-order valence-corrected chi connectivity index (χ1v) is 6.94. The van der Waals surface area contributed by atoms with Gasteiger partial charge in [-0.05, 0) is 40.2 Å². The maximum Gasteiger partial charge on any atom is 0.170 e. The van der Waals surface area contributed by atoms with Gasteiger partial charge in [-0.1, -0.05) is 12.7 Å². The number of hydrogen-bond donors (Lipinski definition) is 1. The SMILES string of the molecule is C=Cc1c(Oc2ccc(F)c(Br)c2)c(F)cc2[nH]ccc12. The molecule has 1 aromatic heterocycles. The summed E-state index contributed by atoms with van der Waals surface area (Å²) in [6.07, 6.45) is 3.25. The number of halogens is 3. The number of aromatic nitrogens is 1. The highest BCUT2D eigenvalue weighted by molar-refractivity contribution is 9.10. The number of nitrogens with one attached hydrogen (secondary N) is 1. The number of ether oxygens (including phenoxy) is 1. The van der Waals surface area contributed by atoms with Gasteiger partial charge < -0.3 is 9.72 Å². The van der Waals surface area contributed by atoms with Crippen molar-refractivity contribution < 1.29 is 13.5 Å². The summed E-state index contributed by atoms with van der Waals surface area (Å²) >= 11 is 3.07. The van der Waals surface area contributed by atoms with E-state index >= 15 is 0 Å². The molecule has 0 unspecified atom stereocenters. The van der Waals surface area contributed by atoms with E-state index in [1.165, 1.54) is 30.3 Å². The van der Waals surface area contributed by atoms with Crippen LogP contribution in [0.25, 0.3) is 17.0 Å². The van der Waals surface area contributed by atoms with E-state index in [9.17, 15) is 8.78 Å². The number of hydrogen-bond acceptors (Lipinski definition) is 1. The van der Waals surface area contributed by atoms with Crippen molar-refractivity contribution in [3.05, 3.63) is 64.8 Å². The van der Waals surface area contributed by atoms with Crippen molar-refractivity contribution in [2.45, 2.75) is 0 Å². The van der Waals surface area contributed by atoms with E-state index in [0.717, 1.165) is 5.39 Å². The van der Waals surface area contributed by atoms with Crippen LogP contribution in [0.1, 0.15) is 5.56 Å². The van der Waals surface area contributed by atoms with Crippen LogP contribution in [0.3, 0.4) is 0 Å². The Morgan fingerprint density at radius 3 is 2.67 bits per heavy atom. The minimum absolute atomic E-state index is 0.0654. The molecule has 2 nitrogen and oxygen atoms in total. The number of H-pyrrole nitrogens is 1. The fourth-order valence-electron chi connectivity index (χ4n) is 2.14. The Bertz CT molecular complexity index is 842. The van der Waals surface area contributed by atoms with Gasteiger partial charge >= 0.3 is 0 Å². The fraction of sp³-hybridized carbons (Fsp3) is 0. The van der Waals surface area contributed by atoms with Gasteiger partial charge in [-0.3, -0.25) is 0 Å². The fourth-order valence-corrected chi connectivity index (χ4v) is 2.50. The van der Waals surface area contributed by atoms with E-state index in [4.69, 9.17) is 4.74 Å². The molecule has 0 saturated heterocycles. The zero-order chi connectivity index (χ0) is 15.0. The lowest BCUT2D eigenvalue weighted by molar-refractivity contribution is 0.441. The van der Waals surface area contributed by atoms with E-state index in [1.807, 2.05) is 6.07 Å². The van der Waals surface area contributed by atoms with Gasteiger partial charge in [-0.2, -0.15) is 0 Å². The third-order valence-electron chi connectivity index (χ3n) is 3.12. The van der Waals surface area contributed by atoms with Gasteiger partial charge in [0.05, 0.1) is 4.47 Å². The molecule has 0 bridgehead atoms. The average molecular weight is 350 g/mol. The van der Waals surface area contributed by atoms with Crippen molar-refractivity contribution in [1.82, 2.24) is 4.98 Å². The van der Waals surface area contributed by atoms with Crippen LogP contribution in [0.4, 0.5) is 8.78 Å². The highest BCUT2D eigenvalue weighted by atomic mass is 79.9. The largest absolute Gasteiger partial charge is 0.454 e. The molecule has 0 aliphatic carbocycles. The number of benzene rings is 2. The van der Waals surface area contributed by atoms with Gasteiger partial charge in [0.1, 0.15) is 11.6 Å². The lowest BCUT2D eigenvalue weighted by Gasteiger charge is -2.11. The van der Waals surface area contributed by atoms with E-state index in [-0.39, 0.29) is 10.2 Å². The van der Waals surface area contributed by atoms with Crippen LogP contribution in [0.5, 0.6) is 11.5 Å². The zero-order valence-corrected chi connectivity index (χ0v) is 12.4. The molecular weight excluding hydrogens is 340 g/mol. The number of aromatic amines is 1. The summed E-state index contributed by atoms with van der Waals surface area (Å²) in [5, 5.41) is 0.808. The molecule has 0 aliphatic rings. The molecule has 0 radical (unpaired) electrons. The van der Waals surface area contributed by atoms with Crippen molar-refractivity contribution in [1.29, 1.82) is 0 Å². The zero-order valence-electron chi connectivity index (χ0n) is 10.8. The van der Waals surface area contributed by atoms with Crippen LogP contribution < -0.4 is 4.74 Å². The van der Waals surface area contributed by atoms with Crippen molar-refractivity contribution in [3.63, 3.8) is 0 Å². The average Bonchev–Trinajstić information content (AvgIpc) is 2.91. The van der Waals surface area contributed by atoms with Crippen LogP contribution in [0.2, 0.25) is 0 Å². The van der Waals surface area contributed by atoms with Gasteiger partial charge in [0.25, 0.3) is 0 Å². The molecule has 2 aromatic carbocycles. The summed E-state index contributed by atoms with van der Waals surface area (Å²) in [7, 11) is 0. The summed E-state index contributed by atoms with van der Waals surface area (Å²) in [5.41, 5.74) is 1.21. The lowest BCUT2D eigenvalue weighted by Crippen LogP contribution is -1.93. The second-order valence-corrected chi connectivity index (χ2v) is 5.28. The quantitative estimate of drug-likeness (QED) is 0.649. The normalized spacial score (nSPS) is 10.8. The molecule has 1 heterocycles. The minimum Gasteiger partial charge on any atom is -0.454 e. The predicted molar refractivity (Wildman–Crippen MR) is 82.5 cm³/mol. The summed E-state index contributed by atoms with van der Waals surface area (Å²) in [4.78, 5) is 2.94. The standard InChI is InChI=1S/C16H10BrF2NO/c1-2-10-11-5-6-20-15(11)8-14(19)16(10)21-9-3-4-13(18)12(17)7-9/h2-8,20H,1H2. The maximum atomic E-state index is 14.2. The molecule has 5 heteroatoms. The second-order valence-electron chi connectivity index (χ2n) is 4.42. The molecule has 0 spiro atoms. The van der Waals surface area contributed by atoms with Crippen LogP contribution in [0, 0.1) is 11.6 Å². The molecular formula is C16H10BrF2NO. The predicted octanol–water partition coefficient (Wildman–Crippen LogP) is 5.64. The Balaban J connectivity index is 2.12. The molecule has 3 rings (SSSR count). The van der Waals surface area contributed by atoms with E-state index in [2.05, 4.69) is 27.5 Å². The Morgan fingerprint density at radius 2 is 1.95 bits per heavy atom. The Hall–Kier alpha value is -2.14. The Labute approximate surface area is 128 Å². The van der Waals surface area contributed by atoms with E-state index < -0.39 is 11.6 Å². The maximum absolute atomic E-state index is 14.2. The smallest absolute Gasteiger partial charge is 0.170 e. The molecule has 21 heavy (non-hydrogen) atoms. The van der Waals surface area contributed by atoms with Crippen molar-refractivity contribution in [2.75, 3.05) is 0 Å². The highest BCUT2D eigenvalue weighted by Crippen LogP contribution is 2.35. The number of rotatable bonds is 3. The molecule has 106 valence electrons. The molecule has 0 fully saturated rings. The summed E-state index contributed by atoms with van der Waals surface area (Å²) < 4.78 is 33.3. The van der Waals surface area contributed by atoms with Gasteiger partial charge in [0.15, 0.2) is 11.6 Å². The summed E-state index contributed by atoms with van der Waals surface area (Å²) in [6, 6.07) is 7.31. The van der Waals surface area contributed by atoms with E-state index in [0.29, 0.717) is 16.8 Å². The first-order valence-electron chi connectivity index (χ1n) is 6.15. The van der Waals surface area contributed by atoms with Crippen LogP contribution in [0.15, 0.2) is 47.6 Å².